The van der Waals surface area contributed by atoms with E-state index < -0.39 is 29.5 Å². The third kappa shape index (κ3) is 2.59. The molecule has 7 nitrogen and oxygen atoms in total. The first-order valence-electron chi connectivity index (χ1n) is 8.14. The van der Waals surface area contributed by atoms with Crippen LogP contribution in [0, 0.1) is 11.6 Å². The highest BCUT2D eigenvalue weighted by atomic mass is 19.1. The fourth-order valence-electron chi connectivity index (χ4n) is 3.44. The van der Waals surface area contributed by atoms with E-state index in [2.05, 4.69) is 0 Å². The molecule has 0 saturated carbocycles. The summed E-state index contributed by atoms with van der Waals surface area (Å²) < 4.78 is 41.4. The molecular weight excluding hydrogens is 348 g/mol. The van der Waals surface area contributed by atoms with Crippen LogP contribution in [0.1, 0.15) is 5.56 Å². The number of likely N-dealkylation sites (tertiary alicyclic amines) is 1. The molecule has 2 aromatic rings. The van der Waals surface area contributed by atoms with Crippen molar-refractivity contribution in [1.82, 2.24) is 14.0 Å². The van der Waals surface area contributed by atoms with Gasteiger partial charge in [0.15, 0.2) is 11.6 Å². The van der Waals surface area contributed by atoms with Crippen LogP contribution >= 0.6 is 0 Å². The van der Waals surface area contributed by atoms with Gasteiger partial charge in [-0.3, -0.25) is 14.3 Å². The zero-order valence-corrected chi connectivity index (χ0v) is 14.2. The van der Waals surface area contributed by atoms with Crippen molar-refractivity contribution in [1.29, 1.82) is 0 Å². The summed E-state index contributed by atoms with van der Waals surface area (Å²) in [4.78, 5) is 25.9. The average molecular weight is 365 g/mol. The molecular formula is C17H17F2N3O4. The van der Waals surface area contributed by atoms with Crippen molar-refractivity contribution in [2.45, 2.75) is 18.8 Å². The third-order valence-electron chi connectivity index (χ3n) is 4.76. The lowest BCUT2D eigenvalue weighted by molar-refractivity contribution is 0.0467. The molecule has 2 atom stereocenters. The summed E-state index contributed by atoms with van der Waals surface area (Å²) in [6.45, 7) is 1.07. The molecule has 138 valence electrons. The van der Waals surface area contributed by atoms with Gasteiger partial charge >= 0.3 is 5.69 Å². The summed E-state index contributed by atoms with van der Waals surface area (Å²) in [6.07, 6.45) is 0.577. The molecule has 0 unspecified atom stereocenters. The number of hydrogen-bond acceptors (Lipinski definition) is 5. The Balaban J connectivity index is 1.56. The summed E-state index contributed by atoms with van der Waals surface area (Å²) >= 11 is 0. The van der Waals surface area contributed by atoms with E-state index in [9.17, 15) is 18.4 Å². The first-order chi connectivity index (χ1) is 12.3. The molecule has 0 radical (unpaired) electrons. The number of benzene rings is 1. The molecule has 1 fully saturated rings. The molecule has 1 saturated heterocycles. The molecule has 2 aliphatic heterocycles. The van der Waals surface area contributed by atoms with Crippen molar-refractivity contribution in [2.75, 3.05) is 13.1 Å². The van der Waals surface area contributed by atoms with E-state index in [-0.39, 0.29) is 23.6 Å². The topological polar surface area (TPSA) is 65.7 Å². The van der Waals surface area contributed by atoms with Crippen LogP contribution in [0.2, 0.25) is 0 Å². The van der Waals surface area contributed by atoms with E-state index in [1.54, 1.807) is 7.05 Å². The van der Waals surface area contributed by atoms with Crippen LogP contribution in [0.3, 0.4) is 0 Å². The van der Waals surface area contributed by atoms with Crippen LogP contribution < -0.4 is 20.7 Å². The van der Waals surface area contributed by atoms with Gasteiger partial charge in [-0.1, -0.05) is 0 Å². The number of aromatic nitrogens is 2. The number of rotatable bonds is 2. The lowest BCUT2D eigenvalue weighted by Crippen LogP contribution is -2.40. The number of ether oxygens (including phenoxy) is 2. The molecule has 1 aromatic carbocycles. The number of hydrogen-bond donors (Lipinski definition) is 0. The largest absolute Gasteiger partial charge is 0.478 e. The molecule has 0 amide bonds. The highest BCUT2D eigenvalue weighted by molar-refractivity contribution is 5.44. The second kappa shape index (κ2) is 5.94. The normalized spacial score (nSPS) is 21.7. The molecule has 2 aliphatic rings. The maximum atomic E-state index is 13.9. The number of aryl methyl sites for hydroxylation is 1. The van der Waals surface area contributed by atoms with Crippen LogP contribution in [-0.4, -0.2) is 39.3 Å². The van der Waals surface area contributed by atoms with Gasteiger partial charge in [-0.15, -0.1) is 0 Å². The van der Waals surface area contributed by atoms with Gasteiger partial charge in [-0.25, -0.2) is 13.6 Å². The third-order valence-corrected chi connectivity index (χ3v) is 4.76. The van der Waals surface area contributed by atoms with Crippen LogP contribution in [0.15, 0.2) is 27.9 Å². The first-order valence-corrected chi connectivity index (χ1v) is 8.14. The Morgan fingerprint density at radius 1 is 1.04 bits per heavy atom. The van der Waals surface area contributed by atoms with Crippen molar-refractivity contribution < 1.29 is 18.3 Å². The minimum absolute atomic E-state index is 0.217. The van der Waals surface area contributed by atoms with E-state index in [0.717, 1.165) is 16.7 Å². The molecule has 0 aliphatic carbocycles. The van der Waals surface area contributed by atoms with E-state index in [0.29, 0.717) is 18.7 Å². The Bertz CT molecular complexity index is 962. The summed E-state index contributed by atoms with van der Waals surface area (Å²) in [6, 6.07) is 2.00. The predicted octanol–water partition coefficient (Wildman–Crippen LogP) is 0.386. The quantitative estimate of drug-likeness (QED) is 0.770. The summed E-state index contributed by atoms with van der Waals surface area (Å²) in [5.74, 6) is -1.78. The number of fused-ring (bicyclic) bond motifs is 2. The fraction of sp³-hybridized carbons (Fsp3) is 0.412. The molecule has 0 N–H and O–H groups in total. The van der Waals surface area contributed by atoms with Crippen LogP contribution in [-0.2, 0) is 20.6 Å². The maximum Gasteiger partial charge on any atom is 0.330 e. The Kier molecular flexibility index (Phi) is 3.83. The fourth-order valence-corrected chi connectivity index (χ4v) is 3.44. The van der Waals surface area contributed by atoms with Gasteiger partial charge in [-0.2, -0.15) is 0 Å². The Morgan fingerprint density at radius 2 is 1.58 bits per heavy atom. The van der Waals surface area contributed by atoms with E-state index >= 15 is 0 Å². The Morgan fingerprint density at radius 3 is 2.12 bits per heavy atom. The Hall–Kier alpha value is -2.68. The first kappa shape index (κ1) is 16.8. The second-order valence-electron chi connectivity index (χ2n) is 6.61. The summed E-state index contributed by atoms with van der Waals surface area (Å²) in [5.41, 5.74) is -0.324. The van der Waals surface area contributed by atoms with Gasteiger partial charge < -0.3 is 14.0 Å². The van der Waals surface area contributed by atoms with Crippen molar-refractivity contribution in [3.05, 3.63) is 56.4 Å². The zero-order chi connectivity index (χ0) is 18.6. The minimum Gasteiger partial charge on any atom is -0.478 e. The van der Waals surface area contributed by atoms with E-state index in [1.807, 2.05) is 4.90 Å². The monoisotopic (exact) mass is 365 g/mol. The molecule has 3 heterocycles. The summed E-state index contributed by atoms with van der Waals surface area (Å²) in [5, 5.41) is 0. The van der Waals surface area contributed by atoms with Gasteiger partial charge in [0.1, 0.15) is 12.2 Å². The van der Waals surface area contributed by atoms with Gasteiger partial charge in [0, 0.05) is 45.5 Å². The zero-order valence-electron chi connectivity index (χ0n) is 14.2. The highest BCUT2D eigenvalue weighted by Crippen LogP contribution is 2.40. The van der Waals surface area contributed by atoms with Crippen molar-refractivity contribution in [3.8, 4) is 11.5 Å². The lowest BCUT2D eigenvalue weighted by atomic mass is 10.2. The van der Waals surface area contributed by atoms with Gasteiger partial charge in [0.2, 0.25) is 11.5 Å². The highest BCUT2D eigenvalue weighted by Gasteiger charge is 2.42. The van der Waals surface area contributed by atoms with Crippen LogP contribution in [0.5, 0.6) is 11.5 Å². The van der Waals surface area contributed by atoms with Crippen LogP contribution in [0.4, 0.5) is 8.78 Å². The number of halogens is 2. The van der Waals surface area contributed by atoms with Gasteiger partial charge in [-0.05, 0) is 12.1 Å². The molecule has 4 rings (SSSR count). The van der Waals surface area contributed by atoms with Gasteiger partial charge in [0.05, 0.1) is 0 Å². The van der Waals surface area contributed by atoms with E-state index in [4.69, 9.17) is 9.47 Å². The minimum atomic E-state index is -0.676. The van der Waals surface area contributed by atoms with E-state index in [1.165, 1.54) is 17.8 Å². The molecule has 0 spiro atoms. The van der Waals surface area contributed by atoms with Crippen LogP contribution in [0.25, 0.3) is 0 Å². The lowest BCUT2D eigenvalue weighted by Gasteiger charge is -2.28. The smallest absolute Gasteiger partial charge is 0.330 e. The molecule has 1 aromatic heterocycles. The summed E-state index contributed by atoms with van der Waals surface area (Å²) in [7, 11) is 3.00. The molecule has 9 heteroatoms. The van der Waals surface area contributed by atoms with Crippen molar-refractivity contribution >= 4 is 0 Å². The SMILES string of the molecule is Cn1cc(CN2C[C@@H]3Oc4c(F)ccc(F)c4O[C@@H]3C2)c(=O)n(C)c1=O. The second-order valence-corrected chi connectivity index (χ2v) is 6.61. The van der Waals surface area contributed by atoms with Crippen molar-refractivity contribution in [3.63, 3.8) is 0 Å². The average Bonchev–Trinajstić information content (AvgIpc) is 3.01. The predicted molar refractivity (Wildman–Crippen MR) is 87.4 cm³/mol. The standard InChI is InChI=1S/C17H17F2N3O4/c1-20-5-9(16(23)21(2)17(20)24)6-22-7-12-13(8-22)26-15-11(19)4-3-10(18)14(15)25-12/h3-5,12-13H,6-8H2,1-2H3/t12-,13+. The van der Waals surface area contributed by atoms with Gasteiger partial charge in [0.25, 0.3) is 5.56 Å². The molecule has 26 heavy (non-hydrogen) atoms. The van der Waals surface area contributed by atoms with Crippen molar-refractivity contribution in [2.24, 2.45) is 14.1 Å². The Labute approximate surface area is 147 Å². The molecule has 0 bridgehead atoms. The maximum absolute atomic E-state index is 13.9. The number of nitrogens with zero attached hydrogens (tertiary/aromatic N) is 3.